The van der Waals surface area contributed by atoms with Crippen molar-refractivity contribution in [1.29, 1.82) is 0 Å². The van der Waals surface area contributed by atoms with E-state index in [2.05, 4.69) is 10.0 Å². The third-order valence-electron chi connectivity index (χ3n) is 4.22. The van der Waals surface area contributed by atoms with E-state index in [1.807, 2.05) is 39.8 Å². The maximum absolute atomic E-state index is 13.1. The average Bonchev–Trinajstić information content (AvgIpc) is 2.57. The molecule has 0 fully saturated rings. The number of sulfonamides is 1. The molecule has 0 unspecified atom stereocenters. The minimum atomic E-state index is -3.95. The van der Waals surface area contributed by atoms with Crippen molar-refractivity contribution in [1.82, 2.24) is 4.72 Å². The van der Waals surface area contributed by atoms with Crippen LogP contribution in [0.4, 0.5) is 10.1 Å². The predicted molar refractivity (Wildman–Crippen MR) is 105 cm³/mol. The van der Waals surface area contributed by atoms with Gasteiger partial charge in [-0.15, -0.1) is 0 Å². The van der Waals surface area contributed by atoms with Gasteiger partial charge < -0.3 is 5.32 Å². The van der Waals surface area contributed by atoms with Crippen LogP contribution in [-0.2, 0) is 14.8 Å². The van der Waals surface area contributed by atoms with Crippen LogP contribution < -0.4 is 10.0 Å². The molecule has 2 aromatic carbocycles. The Balaban J connectivity index is 2.21. The Hall–Kier alpha value is -2.25. The average molecular weight is 392 g/mol. The van der Waals surface area contributed by atoms with Crippen LogP contribution in [0.2, 0.25) is 0 Å². The normalized spacial score (nSPS) is 12.8. The van der Waals surface area contributed by atoms with Crippen molar-refractivity contribution in [2.75, 3.05) is 5.32 Å². The number of rotatable bonds is 7. The Kier molecular flexibility index (Phi) is 6.73. The molecular weight excluding hydrogens is 367 g/mol. The van der Waals surface area contributed by atoms with Gasteiger partial charge in [-0.25, -0.2) is 12.8 Å². The van der Waals surface area contributed by atoms with E-state index in [4.69, 9.17) is 0 Å². The van der Waals surface area contributed by atoms with Crippen molar-refractivity contribution in [3.63, 3.8) is 0 Å². The molecule has 0 aliphatic heterocycles. The molecule has 0 saturated heterocycles. The van der Waals surface area contributed by atoms with Crippen LogP contribution in [0.5, 0.6) is 0 Å². The zero-order chi connectivity index (χ0) is 20.2. The fourth-order valence-electron chi connectivity index (χ4n) is 2.60. The Morgan fingerprint density at radius 1 is 1.04 bits per heavy atom. The van der Waals surface area contributed by atoms with Crippen LogP contribution in [0.15, 0.2) is 47.4 Å². The second kappa shape index (κ2) is 8.63. The summed E-state index contributed by atoms with van der Waals surface area (Å²) in [5.74, 6) is -0.866. The van der Waals surface area contributed by atoms with E-state index in [1.54, 1.807) is 6.07 Å². The Morgan fingerprint density at radius 2 is 1.67 bits per heavy atom. The minimum Gasteiger partial charge on any atom is -0.325 e. The molecule has 1 atom stereocenters. The van der Waals surface area contributed by atoms with Crippen LogP contribution in [-0.4, -0.2) is 20.4 Å². The highest BCUT2D eigenvalue weighted by atomic mass is 32.2. The summed E-state index contributed by atoms with van der Waals surface area (Å²) in [7, 11) is -3.95. The fourth-order valence-corrected chi connectivity index (χ4v) is 3.81. The van der Waals surface area contributed by atoms with Gasteiger partial charge in [0.15, 0.2) is 0 Å². The standard InChI is InChI=1S/C20H25FN2O3S/c1-13(2)11-19(20(24)22-17-8-5-14(3)15(4)12-17)23-27(25,26)18-9-6-16(21)7-10-18/h5-10,12-13,19,23H,11H2,1-4H3,(H,22,24)/t19-/m0/s1. The largest absolute Gasteiger partial charge is 0.325 e. The molecule has 2 rings (SSSR count). The molecule has 2 aromatic rings. The molecule has 0 bridgehead atoms. The SMILES string of the molecule is Cc1ccc(NC(=O)[C@H](CC(C)C)NS(=O)(=O)c2ccc(F)cc2)cc1C. The second-order valence-corrected chi connectivity index (χ2v) is 8.76. The van der Waals surface area contributed by atoms with Gasteiger partial charge in [-0.2, -0.15) is 4.72 Å². The van der Waals surface area contributed by atoms with Crippen molar-refractivity contribution >= 4 is 21.6 Å². The molecule has 0 spiro atoms. The van der Waals surface area contributed by atoms with E-state index in [1.165, 1.54) is 12.1 Å². The molecule has 0 aliphatic carbocycles. The first kappa shape index (κ1) is 21.1. The highest BCUT2D eigenvalue weighted by Gasteiger charge is 2.26. The highest BCUT2D eigenvalue weighted by molar-refractivity contribution is 7.89. The summed E-state index contributed by atoms with van der Waals surface area (Å²) in [5, 5.41) is 2.77. The Bertz CT molecular complexity index is 909. The Morgan fingerprint density at radius 3 is 2.22 bits per heavy atom. The lowest BCUT2D eigenvalue weighted by molar-refractivity contribution is -0.118. The summed E-state index contributed by atoms with van der Waals surface area (Å²) >= 11 is 0. The lowest BCUT2D eigenvalue weighted by Gasteiger charge is -2.20. The number of anilines is 1. The number of amides is 1. The van der Waals surface area contributed by atoms with Gasteiger partial charge in [-0.05, 0) is 73.7 Å². The first-order valence-corrected chi connectivity index (χ1v) is 10.2. The molecule has 0 saturated carbocycles. The van der Waals surface area contributed by atoms with Gasteiger partial charge in [0.25, 0.3) is 0 Å². The van der Waals surface area contributed by atoms with E-state index in [0.29, 0.717) is 12.1 Å². The molecule has 0 heterocycles. The summed E-state index contributed by atoms with van der Waals surface area (Å²) in [6, 6.07) is 9.06. The third-order valence-corrected chi connectivity index (χ3v) is 5.71. The summed E-state index contributed by atoms with van der Waals surface area (Å²) in [6.45, 7) is 7.72. The number of benzene rings is 2. The quantitative estimate of drug-likeness (QED) is 0.753. The van der Waals surface area contributed by atoms with Crippen LogP contribution in [0.3, 0.4) is 0 Å². The van der Waals surface area contributed by atoms with Crippen molar-refractivity contribution in [2.45, 2.75) is 45.1 Å². The van der Waals surface area contributed by atoms with E-state index < -0.39 is 27.8 Å². The maximum Gasteiger partial charge on any atom is 0.242 e. The van der Waals surface area contributed by atoms with E-state index in [0.717, 1.165) is 23.3 Å². The van der Waals surface area contributed by atoms with Crippen molar-refractivity contribution in [3.8, 4) is 0 Å². The molecular formula is C20H25FN2O3S. The van der Waals surface area contributed by atoms with Gasteiger partial charge in [0.1, 0.15) is 11.9 Å². The zero-order valence-electron chi connectivity index (χ0n) is 15.9. The molecule has 1 amide bonds. The number of hydrogen-bond acceptors (Lipinski definition) is 3. The van der Waals surface area contributed by atoms with Crippen molar-refractivity contribution in [3.05, 3.63) is 59.4 Å². The molecule has 5 nitrogen and oxygen atoms in total. The van der Waals surface area contributed by atoms with E-state index >= 15 is 0 Å². The van der Waals surface area contributed by atoms with Crippen molar-refractivity contribution in [2.24, 2.45) is 5.92 Å². The topological polar surface area (TPSA) is 75.3 Å². The molecule has 0 radical (unpaired) electrons. The molecule has 7 heteroatoms. The zero-order valence-corrected chi connectivity index (χ0v) is 16.7. The molecule has 146 valence electrons. The molecule has 0 aliphatic rings. The molecule has 27 heavy (non-hydrogen) atoms. The third kappa shape index (κ3) is 5.87. The van der Waals surface area contributed by atoms with Gasteiger partial charge in [-0.1, -0.05) is 19.9 Å². The predicted octanol–water partition coefficient (Wildman–Crippen LogP) is 3.77. The van der Waals surface area contributed by atoms with Gasteiger partial charge in [0, 0.05) is 5.69 Å². The fraction of sp³-hybridized carbons (Fsp3) is 0.350. The van der Waals surface area contributed by atoms with Crippen LogP contribution >= 0.6 is 0 Å². The number of carbonyl (C=O) groups is 1. The lowest BCUT2D eigenvalue weighted by atomic mass is 10.0. The number of carbonyl (C=O) groups excluding carboxylic acids is 1. The van der Waals surface area contributed by atoms with E-state index in [9.17, 15) is 17.6 Å². The highest BCUT2D eigenvalue weighted by Crippen LogP contribution is 2.17. The summed E-state index contributed by atoms with van der Waals surface area (Å²) < 4.78 is 40.7. The Labute approximate surface area is 160 Å². The van der Waals surface area contributed by atoms with Crippen molar-refractivity contribution < 1.29 is 17.6 Å². The van der Waals surface area contributed by atoms with Crippen LogP contribution in [0.25, 0.3) is 0 Å². The van der Waals surface area contributed by atoms with E-state index in [-0.39, 0.29) is 10.8 Å². The van der Waals surface area contributed by atoms with Gasteiger partial charge in [0.05, 0.1) is 4.90 Å². The van der Waals surface area contributed by atoms with Crippen LogP contribution in [0, 0.1) is 25.6 Å². The molecule has 0 aromatic heterocycles. The first-order valence-electron chi connectivity index (χ1n) is 8.74. The number of nitrogens with one attached hydrogen (secondary N) is 2. The number of aryl methyl sites for hydroxylation is 2. The smallest absolute Gasteiger partial charge is 0.242 e. The second-order valence-electron chi connectivity index (χ2n) is 7.05. The first-order chi connectivity index (χ1) is 12.6. The van der Waals surface area contributed by atoms with Gasteiger partial charge in [-0.3, -0.25) is 4.79 Å². The minimum absolute atomic E-state index is 0.0864. The van der Waals surface area contributed by atoms with Gasteiger partial charge >= 0.3 is 0 Å². The van der Waals surface area contributed by atoms with Crippen LogP contribution in [0.1, 0.15) is 31.4 Å². The van der Waals surface area contributed by atoms with Gasteiger partial charge in [0.2, 0.25) is 15.9 Å². The summed E-state index contributed by atoms with van der Waals surface area (Å²) in [6.07, 6.45) is 0.330. The summed E-state index contributed by atoms with van der Waals surface area (Å²) in [5.41, 5.74) is 2.74. The number of halogens is 1. The molecule has 2 N–H and O–H groups in total. The maximum atomic E-state index is 13.1. The monoisotopic (exact) mass is 392 g/mol. The summed E-state index contributed by atoms with van der Waals surface area (Å²) in [4.78, 5) is 12.6. The number of hydrogen-bond donors (Lipinski definition) is 2. The lowest BCUT2D eigenvalue weighted by Crippen LogP contribution is -2.44.